The summed E-state index contributed by atoms with van der Waals surface area (Å²) in [6, 6.07) is 13.2. The van der Waals surface area contributed by atoms with Crippen molar-refractivity contribution in [1.82, 2.24) is 0 Å². The highest BCUT2D eigenvalue weighted by Gasteiger charge is 2.33. The molecule has 6 heteroatoms. The predicted molar refractivity (Wildman–Crippen MR) is 93.1 cm³/mol. The molecule has 0 radical (unpaired) electrons. The Labute approximate surface area is 145 Å². The van der Waals surface area contributed by atoms with Crippen molar-refractivity contribution in [3.8, 4) is 5.75 Å². The molecule has 3 rings (SSSR count). The molecule has 130 valence electrons. The standard InChI is InChI=1S/C19H19FN2O3/c1-2-16-19(24)22(15-9-5-6-10-17(15)25-16)12-11-18(23)21-14-8-4-3-7-13(14)20/h3-10,16H,2,11-12H2,1H3,(H,21,23). The van der Waals surface area contributed by atoms with E-state index in [0.717, 1.165) is 0 Å². The summed E-state index contributed by atoms with van der Waals surface area (Å²) in [5.41, 5.74) is 0.781. The van der Waals surface area contributed by atoms with Gasteiger partial charge in [0.1, 0.15) is 11.6 Å². The predicted octanol–water partition coefficient (Wildman–Crippen LogP) is 3.36. The van der Waals surface area contributed by atoms with Crippen LogP contribution in [0.2, 0.25) is 0 Å². The van der Waals surface area contributed by atoms with Crippen LogP contribution in [0.4, 0.5) is 15.8 Å². The second-order valence-corrected chi connectivity index (χ2v) is 5.75. The molecule has 0 fully saturated rings. The van der Waals surface area contributed by atoms with Crippen molar-refractivity contribution in [3.05, 3.63) is 54.3 Å². The van der Waals surface area contributed by atoms with Gasteiger partial charge in [0.05, 0.1) is 11.4 Å². The number of fused-ring (bicyclic) bond motifs is 1. The van der Waals surface area contributed by atoms with Crippen LogP contribution in [-0.4, -0.2) is 24.5 Å². The van der Waals surface area contributed by atoms with Crippen molar-refractivity contribution < 1.29 is 18.7 Å². The Morgan fingerprint density at radius 3 is 2.68 bits per heavy atom. The number of rotatable bonds is 5. The van der Waals surface area contributed by atoms with Crippen molar-refractivity contribution in [2.75, 3.05) is 16.8 Å². The molecule has 0 aliphatic carbocycles. The summed E-state index contributed by atoms with van der Waals surface area (Å²) >= 11 is 0. The van der Waals surface area contributed by atoms with Crippen LogP contribution in [-0.2, 0) is 9.59 Å². The summed E-state index contributed by atoms with van der Waals surface area (Å²) in [5, 5.41) is 2.53. The molecule has 0 spiro atoms. The topological polar surface area (TPSA) is 58.6 Å². The van der Waals surface area contributed by atoms with Gasteiger partial charge in [-0.15, -0.1) is 0 Å². The zero-order chi connectivity index (χ0) is 17.8. The Morgan fingerprint density at radius 1 is 1.20 bits per heavy atom. The highest BCUT2D eigenvalue weighted by Crippen LogP contribution is 2.34. The third-order valence-corrected chi connectivity index (χ3v) is 4.05. The second-order valence-electron chi connectivity index (χ2n) is 5.75. The van der Waals surface area contributed by atoms with Crippen molar-refractivity contribution in [1.29, 1.82) is 0 Å². The van der Waals surface area contributed by atoms with Gasteiger partial charge in [-0.3, -0.25) is 9.59 Å². The van der Waals surface area contributed by atoms with E-state index in [0.29, 0.717) is 17.9 Å². The lowest BCUT2D eigenvalue weighted by Crippen LogP contribution is -2.46. The van der Waals surface area contributed by atoms with Gasteiger partial charge < -0.3 is 15.0 Å². The van der Waals surface area contributed by atoms with Crippen LogP contribution in [0.15, 0.2) is 48.5 Å². The molecule has 0 saturated heterocycles. The number of para-hydroxylation sites is 3. The molecule has 2 amide bonds. The second kappa shape index (κ2) is 7.34. The fourth-order valence-electron chi connectivity index (χ4n) is 2.75. The van der Waals surface area contributed by atoms with E-state index in [1.54, 1.807) is 29.2 Å². The normalized spacial score (nSPS) is 16.2. The van der Waals surface area contributed by atoms with Gasteiger partial charge >= 0.3 is 0 Å². The Bertz CT molecular complexity index is 794. The zero-order valence-corrected chi connectivity index (χ0v) is 13.9. The van der Waals surface area contributed by atoms with Crippen molar-refractivity contribution in [3.63, 3.8) is 0 Å². The SMILES string of the molecule is CCC1Oc2ccccc2N(CCC(=O)Nc2ccccc2F)C1=O. The highest BCUT2D eigenvalue weighted by atomic mass is 19.1. The van der Waals surface area contributed by atoms with Crippen LogP contribution in [0.3, 0.4) is 0 Å². The van der Waals surface area contributed by atoms with Gasteiger partial charge in [0, 0.05) is 13.0 Å². The number of amides is 2. The summed E-state index contributed by atoms with van der Waals surface area (Å²) in [6.07, 6.45) is 0.0557. The van der Waals surface area contributed by atoms with E-state index in [1.165, 1.54) is 12.1 Å². The van der Waals surface area contributed by atoms with Crippen molar-refractivity contribution >= 4 is 23.2 Å². The fraction of sp³-hybridized carbons (Fsp3) is 0.263. The van der Waals surface area contributed by atoms with Gasteiger partial charge in [-0.25, -0.2) is 4.39 Å². The third kappa shape index (κ3) is 3.63. The van der Waals surface area contributed by atoms with Gasteiger partial charge in [-0.1, -0.05) is 31.2 Å². The molecule has 0 saturated carbocycles. The molecular weight excluding hydrogens is 323 g/mol. The number of anilines is 2. The summed E-state index contributed by atoms with van der Waals surface area (Å²) < 4.78 is 19.3. The van der Waals surface area contributed by atoms with Crippen LogP contribution in [0.1, 0.15) is 19.8 Å². The van der Waals surface area contributed by atoms with E-state index in [-0.39, 0.29) is 30.5 Å². The lowest BCUT2D eigenvalue weighted by molar-refractivity contribution is -0.126. The largest absolute Gasteiger partial charge is 0.478 e. The molecule has 1 atom stereocenters. The first-order valence-electron chi connectivity index (χ1n) is 8.21. The van der Waals surface area contributed by atoms with Crippen molar-refractivity contribution in [2.24, 2.45) is 0 Å². The molecule has 0 aromatic heterocycles. The van der Waals surface area contributed by atoms with Crippen LogP contribution in [0.5, 0.6) is 5.75 Å². The van der Waals surface area contributed by atoms with Gasteiger partial charge in [0.2, 0.25) is 5.91 Å². The maximum atomic E-state index is 13.6. The summed E-state index contributed by atoms with van der Waals surface area (Å²) in [4.78, 5) is 26.2. The zero-order valence-electron chi connectivity index (χ0n) is 13.9. The Morgan fingerprint density at radius 2 is 1.92 bits per heavy atom. The summed E-state index contributed by atoms with van der Waals surface area (Å²) in [6.45, 7) is 2.08. The number of hydrogen-bond acceptors (Lipinski definition) is 3. The first-order chi connectivity index (χ1) is 12.1. The van der Waals surface area contributed by atoms with E-state index in [2.05, 4.69) is 5.32 Å². The maximum Gasteiger partial charge on any atom is 0.268 e. The molecule has 1 unspecified atom stereocenters. The van der Waals surface area contributed by atoms with Crippen LogP contribution < -0.4 is 15.0 Å². The average Bonchev–Trinajstić information content (AvgIpc) is 2.62. The van der Waals surface area contributed by atoms with Gasteiger partial charge in [-0.05, 0) is 30.7 Å². The summed E-state index contributed by atoms with van der Waals surface area (Å²) in [7, 11) is 0. The van der Waals surface area contributed by atoms with Crippen molar-refractivity contribution in [2.45, 2.75) is 25.9 Å². The fourth-order valence-corrected chi connectivity index (χ4v) is 2.75. The maximum absolute atomic E-state index is 13.6. The Kier molecular flexibility index (Phi) is 4.97. The minimum Gasteiger partial charge on any atom is -0.478 e. The molecular formula is C19H19FN2O3. The Balaban J connectivity index is 1.70. The van der Waals surface area contributed by atoms with E-state index in [9.17, 15) is 14.0 Å². The Hall–Kier alpha value is -2.89. The summed E-state index contributed by atoms with van der Waals surface area (Å²) in [5.74, 6) is -0.382. The number of nitrogens with one attached hydrogen (secondary N) is 1. The molecule has 2 aromatic rings. The first kappa shape index (κ1) is 17.0. The molecule has 25 heavy (non-hydrogen) atoms. The highest BCUT2D eigenvalue weighted by molar-refractivity contribution is 6.01. The number of carbonyl (C=O) groups is 2. The van der Waals surface area contributed by atoms with Gasteiger partial charge in [-0.2, -0.15) is 0 Å². The van der Waals surface area contributed by atoms with E-state index >= 15 is 0 Å². The van der Waals surface area contributed by atoms with E-state index in [4.69, 9.17) is 4.74 Å². The molecule has 1 aliphatic heterocycles. The molecule has 1 N–H and O–H groups in total. The molecule has 1 heterocycles. The number of carbonyl (C=O) groups excluding carboxylic acids is 2. The lowest BCUT2D eigenvalue weighted by Gasteiger charge is -2.33. The first-order valence-corrected chi connectivity index (χ1v) is 8.21. The van der Waals surface area contributed by atoms with E-state index < -0.39 is 11.9 Å². The number of benzene rings is 2. The molecule has 0 bridgehead atoms. The average molecular weight is 342 g/mol. The quantitative estimate of drug-likeness (QED) is 0.906. The van der Waals surface area contributed by atoms with E-state index in [1.807, 2.05) is 19.1 Å². The smallest absolute Gasteiger partial charge is 0.268 e. The minimum absolute atomic E-state index is 0.0604. The van der Waals surface area contributed by atoms with Crippen LogP contribution in [0, 0.1) is 5.82 Å². The number of ether oxygens (including phenoxy) is 1. The molecule has 2 aromatic carbocycles. The van der Waals surface area contributed by atoms with Crippen LogP contribution in [0.25, 0.3) is 0 Å². The minimum atomic E-state index is -0.551. The van der Waals surface area contributed by atoms with Crippen LogP contribution >= 0.6 is 0 Å². The van der Waals surface area contributed by atoms with Gasteiger partial charge in [0.25, 0.3) is 5.91 Å². The molecule has 5 nitrogen and oxygen atoms in total. The number of hydrogen-bond donors (Lipinski definition) is 1. The third-order valence-electron chi connectivity index (χ3n) is 4.05. The molecule has 1 aliphatic rings. The number of nitrogens with zero attached hydrogens (tertiary/aromatic N) is 1. The monoisotopic (exact) mass is 342 g/mol. The lowest BCUT2D eigenvalue weighted by atomic mass is 10.1. The van der Waals surface area contributed by atoms with Gasteiger partial charge in [0.15, 0.2) is 6.10 Å². The number of halogens is 1.